The first-order chi connectivity index (χ1) is 11.7. The third-order valence-electron chi connectivity index (χ3n) is 5.12. The summed E-state index contributed by atoms with van der Waals surface area (Å²) in [5.41, 5.74) is 6.65. The number of rotatable bonds is 3. The van der Waals surface area contributed by atoms with Crippen molar-refractivity contribution in [2.75, 3.05) is 11.4 Å². The summed E-state index contributed by atoms with van der Waals surface area (Å²) in [5, 5.41) is 0. The smallest absolute Gasteiger partial charge is 0.0949 e. The maximum Gasteiger partial charge on any atom is 0.0949 e. The van der Waals surface area contributed by atoms with Gasteiger partial charge in [0.25, 0.3) is 0 Å². The molecule has 0 spiro atoms. The zero-order chi connectivity index (χ0) is 16.5. The van der Waals surface area contributed by atoms with Gasteiger partial charge in [0, 0.05) is 25.2 Å². The monoisotopic (exact) mass is 317 g/mol. The molecule has 2 aromatic carbocycles. The maximum absolute atomic E-state index is 4.45. The minimum Gasteiger partial charge on any atom is -0.365 e. The summed E-state index contributed by atoms with van der Waals surface area (Å²) in [7, 11) is 2.08. The average molecular weight is 317 g/mol. The van der Waals surface area contributed by atoms with Crippen LogP contribution in [-0.2, 0) is 20.0 Å². The summed E-state index contributed by atoms with van der Waals surface area (Å²) in [6.45, 7) is 4.05. The number of nitrogens with zero attached hydrogens (tertiary/aromatic N) is 3. The van der Waals surface area contributed by atoms with E-state index >= 15 is 0 Å². The lowest BCUT2D eigenvalue weighted by Gasteiger charge is -2.36. The molecule has 3 heteroatoms. The van der Waals surface area contributed by atoms with Crippen molar-refractivity contribution in [1.29, 1.82) is 0 Å². The lowest BCUT2D eigenvalue weighted by Crippen LogP contribution is -2.34. The predicted molar refractivity (Wildman–Crippen MR) is 98.3 cm³/mol. The van der Waals surface area contributed by atoms with E-state index in [1.165, 1.54) is 22.5 Å². The van der Waals surface area contributed by atoms with Crippen LogP contribution in [0.25, 0.3) is 0 Å². The number of benzene rings is 2. The van der Waals surface area contributed by atoms with Crippen LogP contribution in [0.4, 0.5) is 5.69 Å². The van der Waals surface area contributed by atoms with Gasteiger partial charge in [0.05, 0.1) is 24.3 Å². The molecule has 122 valence electrons. The number of aromatic nitrogens is 2. The highest BCUT2D eigenvalue weighted by atomic mass is 15.2. The van der Waals surface area contributed by atoms with Crippen molar-refractivity contribution in [3.63, 3.8) is 0 Å². The SMILES string of the molecule is Cc1ncn(C)c1CN1CC(c2ccccc2)Cc2ccccc21. The molecule has 0 N–H and O–H groups in total. The first kappa shape index (κ1) is 15.0. The topological polar surface area (TPSA) is 21.1 Å². The molecule has 3 aromatic rings. The number of hydrogen-bond acceptors (Lipinski definition) is 2. The van der Waals surface area contributed by atoms with Gasteiger partial charge in [-0.25, -0.2) is 4.98 Å². The van der Waals surface area contributed by atoms with Gasteiger partial charge >= 0.3 is 0 Å². The van der Waals surface area contributed by atoms with Crippen LogP contribution >= 0.6 is 0 Å². The fourth-order valence-corrected chi connectivity index (χ4v) is 3.76. The van der Waals surface area contributed by atoms with Crippen LogP contribution in [0.5, 0.6) is 0 Å². The average Bonchev–Trinajstić information content (AvgIpc) is 2.94. The number of aryl methyl sites for hydroxylation is 2. The van der Waals surface area contributed by atoms with E-state index in [0.29, 0.717) is 5.92 Å². The van der Waals surface area contributed by atoms with Gasteiger partial charge in [-0.1, -0.05) is 48.5 Å². The molecule has 3 nitrogen and oxygen atoms in total. The Balaban J connectivity index is 1.69. The Labute approximate surface area is 143 Å². The van der Waals surface area contributed by atoms with E-state index in [1.807, 2.05) is 6.33 Å². The summed E-state index contributed by atoms with van der Waals surface area (Å²) < 4.78 is 2.14. The van der Waals surface area contributed by atoms with Crippen LogP contribution in [0.1, 0.15) is 28.4 Å². The second-order valence-corrected chi connectivity index (χ2v) is 6.71. The molecule has 0 bridgehead atoms. The van der Waals surface area contributed by atoms with Crippen molar-refractivity contribution in [3.05, 3.63) is 83.4 Å². The third kappa shape index (κ3) is 2.71. The Morgan fingerprint density at radius 3 is 2.54 bits per heavy atom. The molecule has 0 fully saturated rings. The van der Waals surface area contributed by atoms with E-state index in [-0.39, 0.29) is 0 Å². The van der Waals surface area contributed by atoms with E-state index in [2.05, 4.69) is 83.0 Å². The lowest BCUT2D eigenvalue weighted by molar-refractivity contribution is 0.596. The molecule has 1 unspecified atom stereocenters. The van der Waals surface area contributed by atoms with E-state index < -0.39 is 0 Å². The zero-order valence-corrected chi connectivity index (χ0v) is 14.3. The van der Waals surface area contributed by atoms with Crippen molar-refractivity contribution < 1.29 is 0 Å². The minimum atomic E-state index is 0.537. The Kier molecular flexibility index (Phi) is 3.85. The Hall–Kier alpha value is -2.55. The summed E-state index contributed by atoms with van der Waals surface area (Å²) in [6, 6.07) is 19.7. The summed E-state index contributed by atoms with van der Waals surface area (Å²) in [6.07, 6.45) is 3.02. The number of para-hydroxylation sites is 1. The second kappa shape index (κ2) is 6.16. The van der Waals surface area contributed by atoms with Gasteiger partial charge in [0.1, 0.15) is 0 Å². The zero-order valence-electron chi connectivity index (χ0n) is 14.3. The molecule has 0 amide bonds. The van der Waals surface area contributed by atoms with E-state index in [1.54, 1.807) is 0 Å². The van der Waals surface area contributed by atoms with Crippen molar-refractivity contribution in [2.24, 2.45) is 7.05 Å². The fraction of sp³-hybridized carbons (Fsp3) is 0.286. The lowest BCUT2D eigenvalue weighted by atomic mass is 9.87. The fourth-order valence-electron chi connectivity index (χ4n) is 3.76. The molecular weight excluding hydrogens is 294 g/mol. The Morgan fingerprint density at radius 1 is 1.04 bits per heavy atom. The highest BCUT2D eigenvalue weighted by Crippen LogP contribution is 2.35. The van der Waals surface area contributed by atoms with Gasteiger partial charge in [0.15, 0.2) is 0 Å². The van der Waals surface area contributed by atoms with Gasteiger partial charge in [0.2, 0.25) is 0 Å². The highest BCUT2D eigenvalue weighted by molar-refractivity contribution is 5.57. The first-order valence-electron chi connectivity index (χ1n) is 8.57. The van der Waals surface area contributed by atoms with Gasteiger partial charge in [-0.15, -0.1) is 0 Å². The molecule has 1 atom stereocenters. The van der Waals surface area contributed by atoms with Crippen molar-refractivity contribution in [2.45, 2.75) is 25.8 Å². The van der Waals surface area contributed by atoms with Crippen LogP contribution in [-0.4, -0.2) is 16.1 Å². The Bertz CT molecular complexity index is 816. The predicted octanol–water partition coefficient (Wildman–Crippen LogP) is 4.08. The number of fused-ring (bicyclic) bond motifs is 1. The van der Waals surface area contributed by atoms with Crippen LogP contribution in [0.3, 0.4) is 0 Å². The van der Waals surface area contributed by atoms with Crippen molar-refractivity contribution >= 4 is 5.69 Å². The summed E-state index contributed by atoms with van der Waals surface area (Å²) in [5.74, 6) is 0.537. The van der Waals surface area contributed by atoms with Crippen LogP contribution in [0.15, 0.2) is 60.9 Å². The molecule has 0 aliphatic carbocycles. The second-order valence-electron chi connectivity index (χ2n) is 6.71. The molecule has 4 rings (SSSR count). The largest absolute Gasteiger partial charge is 0.365 e. The maximum atomic E-state index is 4.45. The highest BCUT2D eigenvalue weighted by Gasteiger charge is 2.26. The van der Waals surface area contributed by atoms with Gasteiger partial charge in [-0.2, -0.15) is 0 Å². The Morgan fingerprint density at radius 2 is 1.79 bits per heavy atom. The van der Waals surface area contributed by atoms with Gasteiger partial charge < -0.3 is 9.47 Å². The number of anilines is 1. The minimum absolute atomic E-state index is 0.537. The number of imidazole rings is 1. The normalized spacial score (nSPS) is 16.9. The van der Waals surface area contributed by atoms with E-state index in [0.717, 1.165) is 25.2 Å². The van der Waals surface area contributed by atoms with Crippen LogP contribution in [0.2, 0.25) is 0 Å². The van der Waals surface area contributed by atoms with E-state index in [9.17, 15) is 0 Å². The third-order valence-corrected chi connectivity index (χ3v) is 5.12. The van der Waals surface area contributed by atoms with E-state index in [4.69, 9.17) is 0 Å². The quantitative estimate of drug-likeness (QED) is 0.726. The molecule has 1 aliphatic rings. The van der Waals surface area contributed by atoms with Crippen molar-refractivity contribution in [3.8, 4) is 0 Å². The molecule has 24 heavy (non-hydrogen) atoms. The number of hydrogen-bond donors (Lipinski definition) is 0. The summed E-state index contributed by atoms with van der Waals surface area (Å²) >= 11 is 0. The molecule has 0 radical (unpaired) electrons. The molecular formula is C21H23N3. The standard InChI is InChI=1S/C21H23N3/c1-16-21(23(2)15-22-16)14-24-13-19(17-8-4-3-5-9-17)12-18-10-6-7-11-20(18)24/h3-11,15,19H,12-14H2,1-2H3. The first-order valence-corrected chi connectivity index (χ1v) is 8.57. The van der Waals surface area contributed by atoms with Gasteiger partial charge in [-0.3, -0.25) is 0 Å². The summed E-state index contributed by atoms with van der Waals surface area (Å²) in [4.78, 5) is 6.97. The molecule has 2 heterocycles. The van der Waals surface area contributed by atoms with Crippen LogP contribution < -0.4 is 4.90 Å². The molecule has 1 aliphatic heterocycles. The molecule has 0 saturated carbocycles. The van der Waals surface area contributed by atoms with Crippen LogP contribution in [0, 0.1) is 6.92 Å². The molecule has 1 aromatic heterocycles. The van der Waals surface area contributed by atoms with Crippen molar-refractivity contribution in [1.82, 2.24) is 9.55 Å². The van der Waals surface area contributed by atoms with Gasteiger partial charge in [-0.05, 0) is 30.5 Å². The molecule has 0 saturated heterocycles.